The molecule has 2 N–H and O–H groups in total. The maximum atomic E-state index is 12.9. The minimum Gasteiger partial charge on any atom is -0.390 e. The molecule has 6 heteroatoms. The number of allylic oxidation sites excluding steroid dienone is 2. The van der Waals surface area contributed by atoms with Crippen molar-refractivity contribution in [3.63, 3.8) is 0 Å². The molecule has 3 heterocycles. The third-order valence-corrected chi connectivity index (χ3v) is 6.33. The van der Waals surface area contributed by atoms with Crippen LogP contribution in [-0.2, 0) is 14.3 Å². The van der Waals surface area contributed by atoms with Crippen molar-refractivity contribution in [2.75, 3.05) is 13.1 Å². The summed E-state index contributed by atoms with van der Waals surface area (Å²) in [5.74, 6) is -1.15. The van der Waals surface area contributed by atoms with Crippen molar-refractivity contribution < 1.29 is 19.4 Å². The number of rotatable bonds is 5. The number of nitrogens with zero attached hydrogens (tertiary/aromatic N) is 1. The number of aliphatic hydroxyl groups is 1. The first kappa shape index (κ1) is 17.9. The maximum Gasteiger partial charge on any atom is 0.236 e. The van der Waals surface area contributed by atoms with E-state index in [-0.39, 0.29) is 36.6 Å². The van der Waals surface area contributed by atoms with E-state index in [1.54, 1.807) is 0 Å². The Morgan fingerprint density at radius 3 is 2.04 bits per heavy atom. The minimum atomic E-state index is -0.753. The molecule has 6 nitrogen and oxygen atoms in total. The van der Waals surface area contributed by atoms with Crippen LogP contribution in [0.2, 0.25) is 0 Å². The van der Waals surface area contributed by atoms with E-state index < -0.39 is 17.9 Å². The van der Waals surface area contributed by atoms with E-state index in [9.17, 15) is 14.7 Å². The number of carbonyl (C=O) groups is 2. The quantitative estimate of drug-likeness (QED) is 0.568. The first-order valence-corrected chi connectivity index (χ1v) is 9.58. The number of fused-ring (bicyclic) bond motifs is 7. The van der Waals surface area contributed by atoms with E-state index in [1.807, 2.05) is 13.8 Å². The molecule has 26 heavy (non-hydrogen) atoms. The Bertz CT molecular complexity index is 675. The molecule has 0 aromatic carbocycles. The van der Waals surface area contributed by atoms with Gasteiger partial charge in [-0.05, 0) is 37.8 Å². The summed E-state index contributed by atoms with van der Waals surface area (Å²) < 4.78 is 6.11. The molecule has 1 aliphatic carbocycles. The minimum absolute atomic E-state index is 0.0603. The van der Waals surface area contributed by atoms with Crippen LogP contribution in [0.15, 0.2) is 22.3 Å². The standard InChI is InChI=1S/C20H28N2O4/c1-9(2)21-7-12(23)8-22-19(24)15-16(20(22)25)18-14-6-11(4)10(3)5-13(14)17(15)26-18/h9,12,15-18,21,23H,5-8H2,1-4H3. The molecular weight excluding hydrogens is 332 g/mol. The van der Waals surface area contributed by atoms with E-state index in [2.05, 4.69) is 19.2 Å². The van der Waals surface area contributed by atoms with Gasteiger partial charge in [0, 0.05) is 12.6 Å². The average Bonchev–Trinajstić information content (AvgIpc) is 3.20. The third kappa shape index (κ3) is 2.58. The normalized spacial score (nSPS) is 34.3. The van der Waals surface area contributed by atoms with Crippen molar-refractivity contribution in [3.8, 4) is 0 Å². The predicted molar refractivity (Wildman–Crippen MR) is 96.1 cm³/mol. The van der Waals surface area contributed by atoms with Crippen molar-refractivity contribution in [2.24, 2.45) is 11.8 Å². The Kier molecular flexibility index (Phi) is 4.33. The molecule has 0 aromatic heterocycles. The number of nitrogens with one attached hydrogen (secondary N) is 1. The lowest BCUT2D eigenvalue weighted by molar-refractivity contribution is -0.144. The molecule has 4 aliphatic rings. The summed E-state index contributed by atoms with van der Waals surface area (Å²) in [6.07, 6.45) is 0.448. The molecule has 5 unspecified atom stereocenters. The first-order valence-electron chi connectivity index (χ1n) is 9.58. The maximum absolute atomic E-state index is 12.9. The SMILES string of the molecule is CC1=C(C)CC2=C(C1)C1OC2C2C(=O)N(CC(O)CNC(C)C)C(=O)C12. The summed E-state index contributed by atoms with van der Waals surface area (Å²) in [5.41, 5.74) is 5.15. The van der Waals surface area contributed by atoms with Crippen LogP contribution in [0.25, 0.3) is 0 Å². The Balaban J connectivity index is 1.51. The Labute approximate surface area is 154 Å². The van der Waals surface area contributed by atoms with Crippen molar-refractivity contribution in [1.82, 2.24) is 10.2 Å². The van der Waals surface area contributed by atoms with Gasteiger partial charge in [0.05, 0.1) is 36.7 Å². The Morgan fingerprint density at radius 1 is 1.08 bits per heavy atom. The number of ether oxygens (including phenoxy) is 1. The number of hydrogen-bond acceptors (Lipinski definition) is 5. The van der Waals surface area contributed by atoms with Gasteiger partial charge in [0.25, 0.3) is 0 Å². The van der Waals surface area contributed by atoms with E-state index in [4.69, 9.17) is 4.74 Å². The van der Waals surface area contributed by atoms with Crippen LogP contribution in [0.5, 0.6) is 0 Å². The number of likely N-dealkylation sites (tertiary alicyclic amines) is 1. The van der Waals surface area contributed by atoms with Gasteiger partial charge in [-0.3, -0.25) is 14.5 Å². The molecular formula is C20H28N2O4. The smallest absolute Gasteiger partial charge is 0.236 e. The molecule has 4 rings (SSSR count). The summed E-state index contributed by atoms with van der Waals surface area (Å²) in [4.78, 5) is 27.2. The first-order chi connectivity index (χ1) is 12.3. The summed E-state index contributed by atoms with van der Waals surface area (Å²) in [6, 6.07) is 0.244. The van der Waals surface area contributed by atoms with Crippen LogP contribution in [-0.4, -0.2) is 59.3 Å². The Morgan fingerprint density at radius 2 is 1.58 bits per heavy atom. The zero-order valence-corrected chi connectivity index (χ0v) is 15.9. The molecule has 2 amide bonds. The number of imide groups is 1. The fourth-order valence-corrected chi connectivity index (χ4v) is 4.83. The van der Waals surface area contributed by atoms with Crippen molar-refractivity contribution in [1.29, 1.82) is 0 Å². The number of hydrogen-bond donors (Lipinski definition) is 2. The van der Waals surface area contributed by atoms with Crippen LogP contribution < -0.4 is 5.32 Å². The summed E-state index contributed by atoms with van der Waals surface area (Å²) in [7, 11) is 0. The van der Waals surface area contributed by atoms with Crippen LogP contribution in [0.1, 0.15) is 40.5 Å². The lowest BCUT2D eigenvalue weighted by atomic mass is 9.71. The fourth-order valence-electron chi connectivity index (χ4n) is 4.83. The molecule has 0 radical (unpaired) electrons. The zero-order chi connectivity index (χ0) is 18.7. The zero-order valence-electron chi connectivity index (χ0n) is 15.9. The average molecular weight is 360 g/mol. The van der Waals surface area contributed by atoms with Gasteiger partial charge in [0.2, 0.25) is 11.8 Å². The van der Waals surface area contributed by atoms with Gasteiger partial charge in [-0.1, -0.05) is 25.0 Å². The largest absolute Gasteiger partial charge is 0.390 e. The Hall–Kier alpha value is -1.50. The van der Waals surface area contributed by atoms with Gasteiger partial charge in [-0.15, -0.1) is 0 Å². The van der Waals surface area contributed by atoms with E-state index in [0.29, 0.717) is 6.54 Å². The van der Waals surface area contributed by atoms with Crippen LogP contribution in [0.3, 0.4) is 0 Å². The number of amides is 2. The second kappa shape index (κ2) is 6.29. The molecule has 2 saturated heterocycles. The molecule has 0 saturated carbocycles. The van der Waals surface area contributed by atoms with Gasteiger partial charge >= 0.3 is 0 Å². The second-order valence-electron chi connectivity index (χ2n) is 8.50. The van der Waals surface area contributed by atoms with Gasteiger partial charge in [-0.25, -0.2) is 0 Å². The predicted octanol–water partition coefficient (Wildman–Crippen LogP) is 1.15. The van der Waals surface area contributed by atoms with E-state index in [1.165, 1.54) is 27.2 Å². The van der Waals surface area contributed by atoms with Crippen LogP contribution >= 0.6 is 0 Å². The summed E-state index contributed by atoms with van der Waals surface area (Å²) in [6.45, 7) is 8.68. The highest BCUT2D eigenvalue weighted by Gasteiger charge is 2.65. The van der Waals surface area contributed by atoms with Crippen molar-refractivity contribution >= 4 is 11.8 Å². The van der Waals surface area contributed by atoms with Gasteiger partial charge in [0.1, 0.15) is 0 Å². The molecule has 2 fully saturated rings. The summed E-state index contributed by atoms with van der Waals surface area (Å²) in [5, 5.41) is 13.4. The molecule has 142 valence electrons. The van der Waals surface area contributed by atoms with Crippen LogP contribution in [0, 0.1) is 11.8 Å². The highest BCUT2D eigenvalue weighted by atomic mass is 16.5. The molecule has 0 aromatic rings. The van der Waals surface area contributed by atoms with Gasteiger partial charge in [-0.2, -0.15) is 0 Å². The topological polar surface area (TPSA) is 78.9 Å². The molecule has 2 bridgehead atoms. The monoisotopic (exact) mass is 360 g/mol. The highest BCUT2D eigenvalue weighted by Crippen LogP contribution is 2.55. The third-order valence-electron chi connectivity index (χ3n) is 6.33. The van der Waals surface area contributed by atoms with E-state index >= 15 is 0 Å². The lowest BCUT2D eigenvalue weighted by Gasteiger charge is -2.28. The van der Waals surface area contributed by atoms with E-state index in [0.717, 1.165) is 12.8 Å². The number of aliphatic hydroxyl groups excluding tert-OH is 1. The van der Waals surface area contributed by atoms with Crippen LogP contribution in [0.4, 0.5) is 0 Å². The van der Waals surface area contributed by atoms with Crippen molar-refractivity contribution in [2.45, 2.75) is 64.9 Å². The van der Waals surface area contributed by atoms with Gasteiger partial charge in [0.15, 0.2) is 0 Å². The summed E-state index contributed by atoms with van der Waals surface area (Å²) >= 11 is 0. The fraction of sp³-hybridized carbons (Fsp3) is 0.700. The molecule has 0 spiro atoms. The van der Waals surface area contributed by atoms with Crippen molar-refractivity contribution in [3.05, 3.63) is 22.3 Å². The number of β-amino-alcohol motifs (C(OH)–C–C–N with tert-alkyl or cyclic N) is 1. The number of carbonyl (C=O) groups excluding carboxylic acids is 2. The highest BCUT2D eigenvalue weighted by molar-refractivity contribution is 6.07. The molecule has 3 aliphatic heterocycles. The lowest BCUT2D eigenvalue weighted by Crippen LogP contribution is -2.44. The van der Waals surface area contributed by atoms with Gasteiger partial charge < -0.3 is 15.2 Å². The second-order valence-corrected chi connectivity index (χ2v) is 8.50. The molecule has 5 atom stereocenters.